The molecule has 0 saturated heterocycles. The maximum absolute atomic E-state index is 12.8. The van der Waals surface area contributed by atoms with Crippen molar-refractivity contribution in [2.45, 2.75) is 6.92 Å². The molecular formula is C30H23BrClN3O5. The highest BCUT2D eigenvalue weighted by molar-refractivity contribution is 9.10. The van der Waals surface area contributed by atoms with Gasteiger partial charge in [-0.25, -0.2) is 10.2 Å². The fourth-order valence-corrected chi connectivity index (χ4v) is 4.21. The number of aryl methyl sites for hydroxylation is 1. The van der Waals surface area contributed by atoms with E-state index in [1.807, 2.05) is 13.0 Å². The highest BCUT2D eigenvalue weighted by Gasteiger charge is 2.15. The molecule has 0 spiro atoms. The number of benzene rings is 4. The fraction of sp³-hybridized carbons (Fsp3) is 0.0667. The Bertz CT molecular complexity index is 1620. The fourth-order valence-electron chi connectivity index (χ4n) is 3.66. The number of nitrogens with zero attached hydrogens (tertiary/aromatic N) is 1. The maximum atomic E-state index is 12.8. The highest BCUT2D eigenvalue weighted by Crippen LogP contribution is 2.25. The number of methoxy groups -OCH3 is 1. The predicted octanol–water partition coefficient (Wildman–Crippen LogP) is 6.65. The van der Waals surface area contributed by atoms with Crippen molar-refractivity contribution in [2.75, 3.05) is 12.4 Å². The Morgan fingerprint density at radius 1 is 0.875 bits per heavy atom. The Morgan fingerprint density at radius 3 is 2.40 bits per heavy atom. The molecule has 4 aromatic carbocycles. The van der Waals surface area contributed by atoms with Crippen LogP contribution in [-0.2, 0) is 0 Å². The second-order valence-electron chi connectivity index (χ2n) is 8.52. The van der Waals surface area contributed by atoms with E-state index in [-0.39, 0.29) is 16.9 Å². The van der Waals surface area contributed by atoms with E-state index < -0.39 is 17.8 Å². The lowest BCUT2D eigenvalue weighted by atomic mass is 10.1. The number of hydrogen-bond acceptors (Lipinski definition) is 6. The average molecular weight is 621 g/mol. The summed E-state index contributed by atoms with van der Waals surface area (Å²) < 4.78 is 11.5. The van der Waals surface area contributed by atoms with Gasteiger partial charge in [0.25, 0.3) is 11.8 Å². The number of hydrogen-bond donors (Lipinski definition) is 2. The van der Waals surface area contributed by atoms with Crippen molar-refractivity contribution in [1.29, 1.82) is 0 Å². The summed E-state index contributed by atoms with van der Waals surface area (Å²) in [6.45, 7) is 1.89. The van der Waals surface area contributed by atoms with Crippen molar-refractivity contribution >= 4 is 57.2 Å². The zero-order chi connectivity index (χ0) is 28.6. The average Bonchev–Trinajstić information content (AvgIpc) is 2.94. The van der Waals surface area contributed by atoms with Gasteiger partial charge >= 0.3 is 5.97 Å². The molecule has 0 heterocycles. The Morgan fingerprint density at radius 2 is 1.62 bits per heavy atom. The zero-order valence-electron chi connectivity index (χ0n) is 21.4. The number of nitrogens with one attached hydrogen (secondary N) is 2. The van der Waals surface area contributed by atoms with Crippen LogP contribution in [0.15, 0.2) is 94.5 Å². The summed E-state index contributed by atoms with van der Waals surface area (Å²) in [5.41, 5.74) is 5.16. The summed E-state index contributed by atoms with van der Waals surface area (Å²) in [5.74, 6) is -0.840. The van der Waals surface area contributed by atoms with Gasteiger partial charge in [-0.15, -0.1) is 0 Å². The van der Waals surface area contributed by atoms with Gasteiger partial charge in [-0.2, -0.15) is 5.10 Å². The number of amides is 2. The molecule has 0 radical (unpaired) electrons. The zero-order valence-corrected chi connectivity index (χ0v) is 23.7. The standard InChI is InChI=1S/C30H23BrClN3O5/c1-18-5-3-7-20(13-18)30(38)40-26-11-9-22(31)14-21(26)17-33-35-28(36)19-6-4-8-24(15-19)34-29(37)25-16-23(32)10-12-27(25)39-2/h3-17H,1-2H3,(H,34,37)(H,35,36). The van der Waals surface area contributed by atoms with Crippen LogP contribution < -0.4 is 20.2 Å². The molecule has 2 amide bonds. The van der Waals surface area contributed by atoms with E-state index in [1.165, 1.54) is 25.5 Å². The van der Waals surface area contributed by atoms with Gasteiger partial charge in [0, 0.05) is 26.3 Å². The second kappa shape index (κ2) is 13.1. The first kappa shape index (κ1) is 28.5. The summed E-state index contributed by atoms with van der Waals surface area (Å²) in [6.07, 6.45) is 1.37. The SMILES string of the molecule is COc1ccc(Cl)cc1C(=O)Nc1cccc(C(=O)NN=Cc2cc(Br)ccc2OC(=O)c2cccc(C)c2)c1. The molecule has 10 heteroatoms. The van der Waals surface area contributed by atoms with Crippen LogP contribution in [0.3, 0.4) is 0 Å². The van der Waals surface area contributed by atoms with E-state index in [9.17, 15) is 14.4 Å². The first-order valence-corrected chi connectivity index (χ1v) is 13.1. The second-order valence-corrected chi connectivity index (χ2v) is 9.87. The lowest BCUT2D eigenvalue weighted by molar-refractivity contribution is 0.0733. The van der Waals surface area contributed by atoms with Gasteiger partial charge in [0.05, 0.1) is 24.5 Å². The molecule has 40 heavy (non-hydrogen) atoms. The van der Waals surface area contributed by atoms with Crippen molar-refractivity contribution in [3.8, 4) is 11.5 Å². The topological polar surface area (TPSA) is 106 Å². The van der Waals surface area contributed by atoms with Gasteiger partial charge in [-0.3, -0.25) is 9.59 Å². The third-order valence-corrected chi connectivity index (χ3v) is 6.32. The number of carbonyl (C=O) groups is 3. The minimum atomic E-state index is -0.515. The number of ether oxygens (including phenoxy) is 2. The molecule has 0 fully saturated rings. The van der Waals surface area contributed by atoms with Crippen molar-refractivity contribution < 1.29 is 23.9 Å². The first-order chi connectivity index (χ1) is 19.2. The molecule has 202 valence electrons. The summed E-state index contributed by atoms with van der Waals surface area (Å²) in [4.78, 5) is 38.2. The summed E-state index contributed by atoms with van der Waals surface area (Å²) in [5, 5.41) is 7.15. The number of esters is 1. The third-order valence-electron chi connectivity index (χ3n) is 5.59. The van der Waals surface area contributed by atoms with Crippen LogP contribution in [-0.4, -0.2) is 31.1 Å². The molecule has 0 atom stereocenters. The van der Waals surface area contributed by atoms with Crippen LogP contribution in [0.2, 0.25) is 5.02 Å². The largest absolute Gasteiger partial charge is 0.496 e. The van der Waals surface area contributed by atoms with E-state index in [0.29, 0.717) is 27.6 Å². The molecule has 4 rings (SSSR count). The third kappa shape index (κ3) is 7.34. The van der Waals surface area contributed by atoms with E-state index in [1.54, 1.807) is 66.7 Å². The number of anilines is 1. The van der Waals surface area contributed by atoms with E-state index in [0.717, 1.165) is 10.0 Å². The Kier molecular flexibility index (Phi) is 9.31. The molecule has 4 aromatic rings. The van der Waals surface area contributed by atoms with E-state index >= 15 is 0 Å². The lowest BCUT2D eigenvalue weighted by Gasteiger charge is -2.10. The molecule has 0 aliphatic carbocycles. The molecule has 0 aliphatic rings. The van der Waals surface area contributed by atoms with Crippen molar-refractivity contribution in [3.63, 3.8) is 0 Å². The van der Waals surface area contributed by atoms with Gasteiger partial charge in [0.1, 0.15) is 11.5 Å². The monoisotopic (exact) mass is 619 g/mol. The van der Waals surface area contributed by atoms with Crippen molar-refractivity contribution in [3.05, 3.63) is 122 Å². The quantitative estimate of drug-likeness (QED) is 0.0993. The molecule has 0 bridgehead atoms. The molecule has 2 N–H and O–H groups in total. The predicted molar refractivity (Wildman–Crippen MR) is 158 cm³/mol. The van der Waals surface area contributed by atoms with Gasteiger partial charge in [-0.1, -0.05) is 51.3 Å². The van der Waals surface area contributed by atoms with Crippen molar-refractivity contribution in [1.82, 2.24) is 5.43 Å². The first-order valence-electron chi connectivity index (χ1n) is 11.9. The molecule has 0 aliphatic heterocycles. The number of carbonyl (C=O) groups excluding carboxylic acids is 3. The van der Waals surface area contributed by atoms with Gasteiger partial charge < -0.3 is 14.8 Å². The minimum Gasteiger partial charge on any atom is -0.496 e. The normalized spacial score (nSPS) is 10.7. The summed E-state index contributed by atoms with van der Waals surface area (Å²) in [7, 11) is 1.46. The van der Waals surface area contributed by atoms with Gasteiger partial charge in [0.15, 0.2) is 0 Å². The Balaban J connectivity index is 1.44. The molecule has 8 nitrogen and oxygen atoms in total. The summed E-state index contributed by atoms with van der Waals surface area (Å²) >= 11 is 9.42. The number of hydrazone groups is 1. The van der Waals surface area contributed by atoms with Crippen LogP contribution in [0.25, 0.3) is 0 Å². The minimum absolute atomic E-state index is 0.252. The van der Waals surface area contributed by atoms with Crippen LogP contribution in [0.1, 0.15) is 42.2 Å². The molecule has 0 aromatic heterocycles. The van der Waals surface area contributed by atoms with Gasteiger partial charge in [-0.05, 0) is 73.7 Å². The number of rotatable bonds is 8. The van der Waals surface area contributed by atoms with Gasteiger partial charge in [0.2, 0.25) is 0 Å². The van der Waals surface area contributed by atoms with Crippen LogP contribution in [0.5, 0.6) is 11.5 Å². The lowest BCUT2D eigenvalue weighted by Crippen LogP contribution is -2.18. The molecule has 0 unspecified atom stereocenters. The molecular weight excluding hydrogens is 598 g/mol. The number of halogens is 2. The maximum Gasteiger partial charge on any atom is 0.343 e. The smallest absolute Gasteiger partial charge is 0.343 e. The highest BCUT2D eigenvalue weighted by atomic mass is 79.9. The van der Waals surface area contributed by atoms with Crippen molar-refractivity contribution in [2.24, 2.45) is 5.10 Å². The Hall–Kier alpha value is -4.47. The van der Waals surface area contributed by atoms with Crippen LogP contribution in [0.4, 0.5) is 5.69 Å². The Labute approximate surface area is 244 Å². The van der Waals surface area contributed by atoms with E-state index in [2.05, 4.69) is 31.8 Å². The molecule has 0 saturated carbocycles. The van der Waals surface area contributed by atoms with E-state index in [4.69, 9.17) is 21.1 Å². The van der Waals surface area contributed by atoms with Crippen LogP contribution >= 0.6 is 27.5 Å². The van der Waals surface area contributed by atoms with Crippen LogP contribution in [0, 0.1) is 6.92 Å². The summed E-state index contributed by atoms with van der Waals surface area (Å²) in [6, 6.07) is 23.2.